The van der Waals surface area contributed by atoms with E-state index in [4.69, 9.17) is 4.55 Å². The number of nitrogens with one attached hydrogen (secondary N) is 2. The molecule has 2 rings (SSSR count). The van der Waals surface area contributed by atoms with Crippen molar-refractivity contribution < 1.29 is 31.6 Å². The van der Waals surface area contributed by atoms with Crippen LogP contribution in [0.2, 0.25) is 0 Å². The lowest BCUT2D eigenvalue weighted by molar-refractivity contribution is -0.132. The Morgan fingerprint density at radius 3 is 2.60 bits per heavy atom. The number of carbonyl (C=O) groups excluding carboxylic acids is 3. The van der Waals surface area contributed by atoms with Gasteiger partial charge in [-0.1, -0.05) is 0 Å². The second-order valence-corrected chi connectivity index (χ2v) is 7.11. The quantitative estimate of drug-likeness (QED) is 0.357. The van der Waals surface area contributed by atoms with Crippen LogP contribution in [0.15, 0.2) is 0 Å². The summed E-state index contributed by atoms with van der Waals surface area (Å²) < 4.78 is 34.6. The van der Waals surface area contributed by atoms with E-state index in [0.29, 0.717) is 18.0 Å². The predicted octanol–water partition coefficient (Wildman–Crippen LogP) is -1.91. The molecule has 12 nitrogen and oxygen atoms in total. The van der Waals surface area contributed by atoms with E-state index in [1.54, 1.807) is 0 Å². The second kappa shape index (κ2) is 7.51. The number of carbonyl (C=O) groups is 3. The summed E-state index contributed by atoms with van der Waals surface area (Å²) in [7, 11) is -1.22. The molecule has 2 heterocycles. The molecule has 0 saturated carbocycles. The van der Waals surface area contributed by atoms with Crippen molar-refractivity contribution in [3.63, 3.8) is 0 Å². The van der Waals surface area contributed by atoms with Crippen molar-refractivity contribution in [1.29, 1.82) is 0 Å². The Labute approximate surface area is 144 Å². The van der Waals surface area contributed by atoms with Crippen molar-refractivity contribution in [2.75, 3.05) is 27.2 Å². The topological polar surface area (TPSA) is 149 Å². The standard InChI is InChI=1S/C12H21N5O7S/c1-15(2)6-5-10(18)13-14-11(19)9-4-3-8-7-16(9)12(20)17(8)24-25(21,22)23/h8-9H,3-7H2,1-2H3,(H,13,18)(H,14,19)(H,21,22,23)/t8-,9+/m1/s1. The van der Waals surface area contributed by atoms with Crippen molar-refractivity contribution in [2.24, 2.45) is 0 Å². The number of amides is 4. The molecule has 0 aromatic rings. The molecule has 0 unspecified atom stereocenters. The molecule has 13 heteroatoms. The lowest BCUT2D eigenvalue weighted by Crippen LogP contribution is -2.54. The van der Waals surface area contributed by atoms with Gasteiger partial charge in [-0.25, -0.2) is 4.79 Å². The van der Waals surface area contributed by atoms with Gasteiger partial charge in [0.1, 0.15) is 6.04 Å². The van der Waals surface area contributed by atoms with E-state index in [9.17, 15) is 22.8 Å². The maximum Gasteiger partial charge on any atom is 0.418 e. The van der Waals surface area contributed by atoms with Crippen LogP contribution in [0.1, 0.15) is 19.3 Å². The van der Waals surface area contributed by atoms with Crippen LogP contribution in [0.3, 0.4) is 0 Å². The number of nitrogens with zero attached hydrogens (tertiary/aromatic N) is 3. The number of piperidine rings is 1. The van der Waals surface area contributed by atoms with E-state index >= 15 is 0 Å². The first-order valence-electron chi connectivity index (χ1n) is 7.58. The molecule has 142 valence electrons. The molecular formula is C12H21N5O7S. The number of hydrazine groups is 1. The summed E-state index contributed by atoms with van der Waals surface area (Å²) in [6.45, 7) is 0.598. The highest BCUT2D eigenvalue weighted by Gasteiger charge is 2.49. The van der Waals surface area contributed by atoms with E-state index in [1.165, 1.54) is 0 Å². The zero-order chi connectivity index (χ0) is 18.8. The summed E-state index contributed by atoms with van der Waals surface area (Å²) in [6.07, 6.45) is 0.768. The van der Waals surface area contributed by atoms with Gasteiger partial charge < -0.3 is 9.80 Å². The fourth-order valence-electron chi connectivity index (χ4n) is 2.71. The molecule has 2 fully saturated rings. The minimum absolute atomic E-state index is 0.0843. The Morgan fingerprint density at radius 1 is 1.32 bits per heavy atom. The molecule has 2 bridgehead atoms. The summed E-state index contributed by atoms with van der Waals surface area (Å²) in [6, 6.07) is -2.28. The Morgan fingerprint density at radius 2 is 2.00 bits per heavy atom. The summed E-state index contributed by atoms with van der Waals surface area (Å²) in [4.78, 5) is 38.9. The molecular weight excluding hydrogens is 358 g/mol. The van der Waals surface area contributed by atoms with Crippen molar-refractivity contribution >= 4 is 28.2 Å². The predicted molar refractivity (Wildman–Crippen MR) is 82.8 cm³/mol. The monoisotopic (exact) mass is 379 g/mol. The van der Waals surface area contributed by atoms with E-state index in [2.05, 4.69) is 15.1 Å². The van der Waals surface area contributed by atoms with Crippen LogP contribution in [0.25, 0.3) is 0 Å². The minimum atomic E-state index is -4.83. The number of urea groups is 1. The smallest absolute Gasteiger partial charge is 0.309 e. The fraction of sp³-hybridized carbons (Fsp3) is 0.750. The first-order chi connectivity index (χ1) is 11.6. The van der Waals surface area contributed by atoms with E-state index in [1.807, 2.05) is 19.0 Å². The largest absolute Gasteiger partial charge is 0.418 e. The average molecular weight is 379 g/mol. The van der Waals surface area contributed by atoms with Gasteiger partial charge in [-0.05, 0) is 26.9 Å². The zero-order valence-corrected chi connectivity index (χ0v) is 14.7. The molecule has 4 amide bonds. The first-order valence-corrected chi connectivity index (χ1v) is 8.95. The molecule has 3 N–H and O–H groups in total. The number of fused-ring (bicyclic) bond motifs is 2. The number of rotatable bonds is 6. The van der Waals surface area contributed by atoms with Crippen molar-refractivity contribution in [3.05, 3.63) is 0 Å². The highest BCUT2D eigenvalue weighted by atomic mass is 32.3. The average Bonchev–Trinajstić information content (AvgIpc) is 2.74. The van der Waals surface area contributed by atoms with Gasteiger partial charge in [-0.15, -0.1) is 4.28 Å². The normalized spacial score (nSPS) is 23.1. The van der Waals surface area contributed by atoms with Crippen LogP contribution < -0.4 is 10.9 Å². The molecule has 2 aliphatic heterocycles. The lowest BCUT2D eigenvalue weighted by Gasteiger charge is -2.29. The van der Waals surface area contributed by atoms with Gasteiger partial charge in [0, 0.05) is 19.5 Å². The molecule has 2 aliphatic rings. The summed E-state index contributed by atoms with van der Waals surface area (Å²) in [5, 5.41) is 0.554. The third kappa shape index (κ3) is 5.01. The van der Waals surface area contributed by atoms with Gasteiger partial charge in [0.25, 0.3) is 5.91 Å². The lowest BCUT2D eigenvalue weighted by atomic mass is 10.0. The number of hydrogen-bond acceptors (Lipinski definition) is 7. The summed E-state index contributed by atoms with van der Waals surface area (Å²) in [5.74, 6) is -0.960. The molecule has 0 aliphatic carbocycles. The van der Waals surface area contributed by atoms with Crippen LogP contribution in [0.5, 0.6) is 0 Å². The summed E-state index contributed by atoms with van der Waals surface area (Å²) >= 11 is 0. The maximum absolute atomic E-state index is 12.2. The van der Waals surface area contributed by atoms with Crippen LogP contribution in [-0.2, 0) is 24.3 Å². The number of hydroxylamine groups is 2. The van der Waals surface area contributed by atoms with E-state index in [0.717, 1.165) is 4.90 Å². The third-order valence-electron chi connectivity index (χ3n) is 3.91. The van der Waals surface area contributed by atoms with Gasteiger partial charge >= 0.3 is 16.4 Å². The molecule has 0 aromatic heterocycles. The molecule has 2 atom stereocenters. The maximum atomic E-state index is 12.2. The van der Waals surface area contributed by atoms with Crippen molar-refractivity contribution in [2.45, 2.75) is 31.3 Å². The third-order valence-corrected chi connectivity index (χ3v) is 4.26. The Hall–Kier alpha value is -1.96. The van der Waals surface area contributed by atoms with Gasteiger partial charge in [-0.2, -0.15) is 13.5 Å². The van der Waals surface area contributed by atoms with Crippen molar-refractivity contribution in [1.82, 2.24) is 25.7 Å². The molecule has 2 saturated heterocycles. The van der Waals surface area contributed by atoms with Crippen LogP contribution in [-0.4, -0.2) is 84.9 Å². The first kappa shape index (κ1) is 19.4. The van der Waals surface area contributed by atoms with Crippen LogP contribution in [0, 0.1) is 0 Å². The molecule has 0 spiro atoms. The fourth-order valence-corrected chi connectivity index (χ4v) is 3.09. The molecule has 0 aromatic carbocycles. The molecule has 25 heavy (non-hydrogen) atoms. The highest BCUT2D eigenvalue weighted by molar-refractivity contribution is 7.80. The van der Waals surface area contributed by atoms with Crippen LogP contribution >= 0.6 is 0 Å². The van der Waals surface area contributed by atoms with Crippen LogP contribution in [0.4, 0.5) is 4.79 Å². The van der Waals surface area contributed by atoms with Gasteiger partial charge in [0.2, 0.25) is 5.91 Å². The SMILES string of the molecule is CN(C)CCC(=O)NNC(=O)[C@@H]1CC[C@@H]2CN1C(=O)N2OS(=O)(=O)O. The summed E-state index contributed by atoms with van der Waals surface area (Å²) in [5.41, 5.74) is 4.54. The van der Waals surface area contributed by atoms with E-state index in [-0.39, 0.29) is 25.3 Å². The Bertz CT molecular complexity index is 652. The number of hydrogen-bond donors (Lipinski definition) is 3. The van der Waals surface area contributed by atoms with Gasteiger partial charge in [0.15, 0.2) is 0 Å². The minimum Gasteiger partial charge on any atom is -0.309 e. The second-order valence-electron chi connectivity index (χ2n) is 6.10. The zero-order valence-electron chi connectivity index (χ0n) is 13.8. The van der Waals surface area contributed by atoms with Gasteiger partial charge in [-0.3, -0.25) is 25.0 Å². The van der Waals surface area contributed by atoms with Gasteiger partial charge in [0.05, 0.1) is 6.04 Å². The Balaban J connectivity index is 1.90. The molecule has 0 radical (unpaired) electrons. The van der Waals surface area contributed by atoms with Crippen molar-refractivity contribution in [3.8, 4) is 0 Å². The highest BCUT2D eigenvalue weighted by Crippen LogP contribution is 2.30. The Kier molecular flexibility index (Phi) is 5.82. The van der Waals surface area contributed by atoms with E-state index < -0.39 is 34.4 Å².